The Morgan fingerprint density at radius 1 is 1.15 bits per heavy atom. The number of carbonyl (C=O) groups is 1. The maximum absolute atomic E-state index is 11.1. The fraction of sp³-hybridized carbons (Fsp3) is 0.519. The highest BCUT2D eigenvalue weighted by Crippen LogP contribution is 2.28. The van der Waals surface area contributed by atoms with Crippen LogP contribution >= 0.6 is 0 Å². The molecule has 1 N–H and O–H groups in total. The summed E-state index contributed by atoms with van der Waals surface area (Å²) < 4.78 is 17.3. The number of aliphatic hydroxyl groups is 1. The number of aldehydes is 1. The molecule has 180 valence electrons. The topological polar surface area (TPSA) is 68.2 Å². The maximum Gasteiger partial charge on any atom is 0.161 e. The minimum Gasteiger partial charge on any atom is -0.490 e. The van der Waals surface area contributed by atoms with Gasteiger partial charge in [0.05, 0.1) is 12.7 Å². The van der Waals surface area contributed by atoms with Gasteiger partial charge in [0.15, 0.2) is 11.5 Å². The Kier molecular flexibility index (Phi) is 9.73. The Labute approximate surface area is 197 Å². The predicted molar refractivity (Wildman–Crippen MR) is 129 cm³/mol. The Hall–Kier alpha value is -2.41. The standard InChI is InChI=1S/C27H37NO5/c1-4-31-27-14-22(18-29)9-12-26(27)33-19-24(30)16-28(17-25-6-5-13-32-25)15-21-7-10-23(11-8-21)20(2)3/h7-12,14,18,20,24-25,30H,4-6,13,15-17,19H2,1-3H3. The van der Waals surface area contributed by atoms with Crippen molar-refractivity contribution in [1.82, 2.24) is 4.90 Å². The molecule has 0 aliphatic carbocycles. The monoisotopic (exact) mass is 455 g/mol. The van der Waals surface area contributed by atoms with Gasteiger partial charge in [-0.25, -0.2) is 0 Å². The zero-order valence-electron chi connectivity index (χ0n) is 20.0. The number of hydrogen-bond acceptors (Lipinski definition) is 6. The van der Waals surface area contributed by atoms with Crippen LogP contribution in [0.4, 0.5) is 0 Å². The molecule has 0 bridgehead atoms. The fourth-order valence-corrected chi connectivity index (χ4v) is 4.07. The number of carbonyl (C=O) groups excluding carboxylic acids is 1. The Morgan fingerprint density at radius 2 is 1.94 bits per heavy atom. The quantitative estimate of drug-likeness (QED) is 0.450. The molecule has 3 rings (SSSR count). The highest BCUT2D eigenvalue weighted by molar-refractivity contribution is 5.76. The molecule has 0 aromatic heterocycles. The molecule has 6 nitrogen and oxygen atoms in total. The lowest BCUT2D eigenvalue weighted by atomic mass is 10.0. The maximum atomic E-state index is 11.1. The lowest BCUT2D eigenvalue weighted by Crippen LogP contribution is -2.39. The number of aliphatic hydroxyl groups excluding tert-OH is 1. The summed E-state index contributed by atoms with van der Waals surface area (Å²) in [5.41, 5.74) is 3.06. The van der Waals surface area contributed by atoms with Crippen LogP contribution in [0.2, 0.25) is 0 Å². The summed E-state index contributed by atoms with van der Waals surface area (Å²) in [6.45, 7) is 9.67. The van der Waals surface area contributed by atoms with E-state index in [9.17, 15) is 9.90 Å². The van der Waals surface area contributed by atoms with Crippen molar-refractivity contribution < 1.29 is 24.1 Å². The first-order valence-electron chi connectivity index (χ1n) is 11.9. The van der Waals surface area contributed by atoms with Gasteiger partial charge in [-0.3, -0.25) is 9.69 Å². The first kappa shape index (κ1) is 25.2. The van der Waals surface area contributed by atoms with E-state index in [-0.39, 0.29) is 12.7 Å². The van der Waals surface area contributed by atoms with Crippen molar-refractivity contribution in [1.29, 1.82) is 0 Å². The molecule has 33 heavy (non-hydrogen) atoms. The van der Waals surface area contributed by atoms with E-state index < -0.39 is 6.10 Å². The van der Waals surface area contributed by atoms with E-state index in [1.54, 1.807) is 18.2 Å². The van der Waals surface area contributed by atoms with Crippen LogP contribution in [0.15, 0.2) is 42.5 Å². The van der Waals surface area contributed by atoms with E-state index in [0.717, 1.165) is 38.8 Å². The third kappa shape index (κ3) is 7.84. The Bertz CT molecular complexity index is 861. The number of rotatable bonds is 13. The molecular weight excluding hydrogens is 418 g/mol. The second kappa shape index (κ2) is 12.7. The number of hydrogen-bond donors (Lipinski definition) is 1. The van der Waals surface area contributed by atoms with Crippen LogP contribution in [0.25, 0.3) is 0 Å². The van der Waals surface area contributed by atoms with E-state index in [4.69, 9.17) is 14.2 Å². The zero-order chi connectivity index (χ0) is 23.6. The normalized spacial score (nSPS) is 16.8. The van der Waals surface area contributed by atoms with Gasteiger partial charge in [-0.1, -0.05) is 38.1 Å². The SMILES string of the molecule is CCOc1cc(C=O)ccc1OCC(O)CN(Cc1ccc(C(C)C)cc1)CC1CCCO1. The van der Waals surface area contributed by atoms with Crippen molar-refractivity contribution in [3.05, 3.63) is 59.2 Å². The van der Waals surface area contributed by atoms with Gasteiger partial charge in [-0.2, -0.15) is 0 Å². The molecule has 2 unspecified atom stereocenters. The van der Waals surface area contributed by atoms with Gasteiger partial charge in [-0.05, 0) is 55.0 Å². The van der Waals surface area contributed by atoms with E-state index in [0.29, 0.717) is 36.1 Å². The van der Waals surface area contributed by atoms with E-state index >= 15 is 0 Å². The van der Waals surface area contributed by atoms with Crippen molar-refractivity contribution in [2.24, 2.45) is 0 Å². The summed E-state index contributed by atoms with van der Waals surface area (Å²) in [4.78, 5) is 13.3. The smallest absolute Gasteiger partial charge is 0.161 e. The second-order valence-corrected chi connectivity index (χ2v) is 8.95. The Morgan fingerprint density at radius 3 is 2.58 bits per heavy atom. The average molecular weight is 456 g/mol. The summed E-state index contributed by atoms with van der Waals surface area (Å²) in [6, 6.07) is 13.8. The first-order valence-corrected chi connectivity index (χ1v) is 11.9. The molecule has 1 aliphatic rings. The third-order valence-electron chi connectivity index (χ3n) is 5.84. The van der Waals surface area contributed by atoms with Crippen LogP contribution < -0.4 is 9.47 Å². The minimum atomic E-state index is -0.679. The van der Waals surface area contributed by atoms with Crippen LogP contribution in [0.3, 0.4) is 0 Å². The lowest BCUT2D eigenvalue weighted by molar-refractivity contribution is 0.0309. The van der Waals surface area contributed by atoms with Gasteiger partial charge in [0.2, 0.25) is 0 Å². The fourth-order valence-electron chi connectivity index (χ4n) is 4.07. The van der Waals surface area contributed by atoms with Crippen molar-refractivity contribution in [2.75, 3.05) is 32.9 Å². The molecule has 1 saturated heterocycles. The van der Waals surface area contributed by atoms with Crippen molar-refractivity contribution in [3.63, 3.8) is 0 Å². The molecule has 6 heteroatoms. The molecule has 0 saturated carbocycles. The van der Waals surface area contributed by atoms with Gasteiger partial charge in [0.25, 0.3) is 0 Å². The van der Waals surface area contributed by atoms with E-state index in [1.165, 1.54) is 11.1 Å². The first-order chi connectivity index (χ1) is 16.0. The zero-order valence-corrected chi connectivity index (χ0v) is 20.0. The van der Waals surface area contributed by atoms with Gasteiger partial charge in [-0.15, -0.1) is 0 Å². The average Bonchev–Trinajstić information content (AvgIpc) is 3.31. The summed E-state index contributed by atoms with van der Waals surface area (Å²) in [6.07, 6.45) is 2.44. The van der Waals surface area contributed by atoms with Crippen LogP contribution in [0.1, 0.15) is 61.0 Å². The van der Waals surface area contributed by atoms with Crippen LogP contribution in [0, 0.1) is 0 Å². The highest BCUT2D eigenvalue weighted by atomic mass is 16.5. The minimum absolute atomic E-state index is 0.134. The lowest BCUT2D eigenvalue weighted by Gasteiger charge is -2.28. The second-order valence-electron chi connectivity index (χ2n) is 8.95. The predicted octanol–water partition coefficient (Wildman–Crippen LogP) is 4.44. The number of benzene rings is 2. The largest absolute Gasteiger partial charge is 0.490 e. The molecule has 0 radical (unpaired) electrons. The van der Waals surface area contributed by atoms with Crippen molar-refractivity contribution >= 4 is 6.29 Å². The molecule has 0 spiro atoms. The highest BCUT2D eigenvalue weighted by Gasteiger charge is 2.22. The summed E-state index contributed by atoms with van der Waals surface area (Å²) in [5.74, 6) is 1.54. The van der Waals surface area contributed by atoms with Crippen molar-refractivity contribution in [3.8, 4) is 11.5 Å². The van der Waals surface area contributed by atoms with Crippen LogP contribution in [-0.4, -0.2) is 61.4 Å². The van der Waals surface area contributed by atoms with Crippen LogP contribution in [0.5, 0.6) is 11.5 Å². The van der Waals surface area contributed by atoms with E-state index in [2.05, 4.69) is 43.0 Å². The number of nitrogens with zero attached hydrogens (tertiary/aromatic N) is 1. The molecule has 2 atom stereocenters. The van der Waals surface area contributed by atoms with Gasteiger partial charge in [0.1, 0.15) is 19.0 Å². The third-order valence-corrected chi connectivity index (χ3v) is 5.84. The summed E-state index contributed by atoms with van der Waals surface area (Å²) in [5, 5.41) is 10.8. The molecule has 2 aromatic rings. The summed E-state index contributed by atoms with van der Waals surface area (Å²) >= 11 is 0. The molecule has 0 amide bonds. The summed E-state index contributed by atoms with van der Waals surface area (Å²) in [7, 11) is 0. The van der Waals surface area contributed by atoms with Gasteiger partial charge < -0.3 is 19.3 Å². The van der Waals surface area contributed by atoms with Gasteiger partial charge in [0, 0.05) is 31.8 Å². The van der Waals surface area contributed by atoms with Crippen LogP contribution in [-0.2, 0) is 11.3 Å². The number of ether oxygens (including phenoxy) is 3. The molecule has 1 aliphatic heterocycles. The Balaban J connectivity index is 1.61. The molecule has 1 fully saturated rings. The van der Waals surface area contributed by atoms with Crippen molar-refractivity contribution in [2.45, 2.75) is 58.3 Å². The molecular formula is C27H37NO5. The van der Waals surface area contributed by atoms with Gasteiger partial charge >= 0.3 is 0 Å². The molecule has 1 heterocycles. The van der Waals surface area contributed by atoms with E-state index in [1.807, 2.05) is 6.92 Å². The molecule has 2 aromatic carbocycles.